The van der Waals surface area contributed by atoms with E-state index in [1.807, 2.05) is 12.1 Å². The minimum atomic E-state index is -4.82. The van der Waals surface area contributed by atoms with E-state index in [0.717, 1.165) is 17.2 Å². The van der Waals surface area contributed by atoms with Crippen LogP contribution in [0.3, 0.4) is 0 Å². The van der Waals surface area contributed by atoms with Gasteiger partial charge in [0.25, 0.3) is 5.91 Å². The van der Waals surface area contributed by atoms with Crippen molar-refractivity contribution in [1.29, 1.82) is 0 Å². The number of hydrogen-bond donors (Lipinski definition) is 0. The molecule has 182 valence electrons. The highest BCUT2D eigenvalue weighted by atomic mass is 19.4. The maximum atomic E-state index is 14.1. The highest BCUT2D eigenvalue weighted by Crippen LogP contribution is 2.37. The van der Waals surface area contributed by atoms with Gasteiger partial charge in [0, 0.05) is 16.8 Å². The second-order valence-corrected chi connectivity index (χ2v) is 7.93. The van der Waals surface area contributed by atoms with Gasteiger partial charge in [-0.05, 0) is 48.4 Å². The molecule has 3 aromatic carbocycles. The summed E-state index contributed by atoms with van der Waals surface area (Å²) in [6.45, 7) is 2.23. The first-order chi connectivity index (χ1) is 16.7. The normalized spacial score (nSPS) is 13.1. The Kier molecular flexibility index (Phi) is 6.77. The van der Waals surface area contributed by atoms with Crippen molar-refractivity contribution < 1.29 is 36.6 Å². The van der Waals surface area contributed by atoms with Crippen molar-refractivity contribution >= 4 is 17.6 Å². The maximum absolute atomic E-state index is 14.1. The fourth-order valence-electron chi connectivity index (χ4n) is 3.92. The molecule has 1 aliphatic rings. The fraction of sp³-hybridized carbons (Fsp3) is 0.231. The lowest BCUT2D eigenvalue weighted by molar-refractivity contribution is -0.142. The second-order valence-electron chi connectivity index (χ2n) is 7.93. The van der Waals surface area contributed by atoms with Crippen molar-refractivity contribution in [3.63, 3.8) is 0 Å². The predicted octanol–water partition coefficient (Wildman–Crippen LogP) is 5.69. The van der Waals surface area contributed by atoms with Crippen LogP contribution < -0.4 is 9.64 Å². The van der Waals surface area contributed by atoms with E-state index in [9.17, 15) is 27.2 Å². The molecule has 0 saturated heterocycles. The number of ether oxygens (including phenoxy) is 2. The molecule has 0 spiro atoms. The lowest BCUT2D eigenvalue weighted by Crippen LogP contribution is -2.23. The molecule has 0 bridgehead atoms. The number of anilines is 1. The summed E-state index contributed by atoms with van der Waals surface area (Å²) in [4.78, 5) is 25.8. The average molecular weight is 487 g/mol. The first-order valence-electron chi connectivity index (χ1n) is 10.8. The van der Waals surface area contributed by atoms with Crippen LogP contribution in [0.1, 0.15) is 39.5 Å². The SMILES string of the molecule is CCOC(=O)Cc1cccc(COc2cccc3c2CN(c2ccc(C(F)(F)F)c(F)c2)C3=O)c1. The first-order valence-corrected chi connectivity index (χ1v) is 10.8. The molecule has 0 aliphatic carbocycles. The van der Waals surface area contributed by atoms with Crippen LogP contribution in [0, 0.1) is 5.82 Å². The molecule has 0 atom stereocenters. The van der Waals surface area contributed by atoms with Crippen molar-refractivity contribution in [3.05, 3.63) is 94.3 Å². The van der Waals surface area contributed by atoms with Crippen molar-refractivity contribution in [2.45, 2.75) is 32.7 Å². The van der Waals surface area contributed by atoms with Gasteiger partial charge in [-0.15, -0.1) is 0 Å². The zero-order chi connectivity index (χ0) is 25.2. The number of halogens is 4. The average Bonchev–Trinajstić information content (AvgIpc) is 3.14. The van der Waals surface area contributed by atoms with Gasteiger partial charge in [0.1, 0.15) is 18.2 Å². The van der Waals surface area contributed by atoms with Gasteiger partial charge in [-0.25, -0.2) is 4.39 Å². The Balaban J connectivity index is 1.50. The molecule has 35 heavy (non-hydrogen) atoms. The Bertz CT molecular complexity index is 1270. The summed E-state index contributed by atoms with van der Waals surface area (Å²) < 4.78 is 63.7. The number of rotatable bonds is 7. The molecule has 5 nitrogen and oxygen atoms in total. The summed E-state index contributed by atoms with van der Waals surface area (Å²) in [5.41, 5.74) is 1.09. The molecule has 0 aromatic heterocycles. The quantitative estimate of drug-likeness (QED) is 0.318. The number of esters is 1. The summed E-state index contributed by atoms with van der Waals surface area (Å²) in [6.07, 6.45) is -4.69. The third-order valence-corrected chi connectivity index (χ3v) is 5.53. The van der Waals surface area contributed by atoms with E-state index in [1.54, 1.807) is 37.3 Å². The van der Waals surface area contributed by atoms with Crippen molar-refractivity contribution in [2.75, 3.05) is 11.5 Å². The van der Waals surface area contributed by atoms with Crippen LogP contribution in [0.15, 0.2) is 60.7 Å². The minimum Gasteiger partial charge on any atom is -0.489 e. The van der Waals surface area contributed by atoms with E-state index < -0.39 is 23.5 Å². The van der Waals surface area contributed by atoms with Gasteiger partial charge in [-0.1, -0.05) is 30.3 Å². The molecule has 1 aliphatic heterocycles. The van der Waals surface area contributed by atoms with E-state index in [-0.39, 0.29) is 31.2 Å². The van der Waals surface area contributed by atoms with Crippen LogP contribution in [0.5, 0.6) is 5.75 Å². The fourth-order valence-corrected chi connectivity index (χ4v) is 3.92. The zero-order valence-corrected chi connectivity index (χ0v) is 18.7. The van der Waals surface area contributed by atoms with E-state index in [4.69, 9.17) is 9.47 Å². The third kappa shape index (κ3) is 5.29. The molecule has 1 amide bonds. The molecule has 0 unspecified atom stereocenters. The van der Waals surface area contributed by atoms with Gasteiger partial charge in [0.2, 0.25) is 0 Å². The highest BCUT2D eigenvalue weighted by Gasteiger charge is 2.36. The van der Waals surface area contributed by atoms with Crippen molar-refractivity contribution in [2.24, 2.45) is 0 Å². The summed E-state index contributed by atoms with van der Waals surface area (Å²) in [6, 6.07) is 14.6. The summed E-state index contributed by atoms with van der Waals surface area (Å²) >= 11 is 0. The van der Waals surface area contributed by atoms with Gasteiger partial charge >= 0.3 is 12.1 Å². The summed E-state index contributed by atoms with van der Waals surface area (Å²) in [5.74, 6) is -1.80. The van der Waals surface area contributed by atoms with Gasteiger partial charge in [0.05, 0.1) is 25.1 Å². The molecule has 0 saturated carbocycles. The molecule has 0 fully saturated rings. The van der Waals surface area contributed by atoms with E-state index in [1.165, 1.54) is 4.90 Å². The smallest absolute Gasteiger partial charge is 0.419 e. The minimum absolute atomic E-state index is 0.0225. The monoisotopic (exact) mass is 487 g/mol. The van der Waals surface area contributed by atoms with Crippen molar-refractivity contribution in [3.8, 4) is 5.75 Å². The van der Waals surface area contributed by atoms with Gasteiger partial charge in [-0.2, -0.15) is 13.2 Å². The Morgan fingerprint density at radius 1 is 1.03 bits per heavy atom. The third-order valence-electron chi connectivity index (χ3n) is 5.53. The van der Waals surface area contributed by atoms with Crippen LogP contribution in [0.2, 0.25) is 0 Å². The second kappa shape index (κ2) is 9.77. The van der Waals surface area contributed by atoms with Gasteiger partial charge in [-0.3, -0.25) is 9.59 Å². The molecular formula is C26H21F4NO4. The number of hydrogen-bond acceptors (Lipinski definition) is 4. The number of alkyl halides is 3. The number of carbonyl (C=O) groups excluding carboxylic acids is 2. The molecule has 1 heterocycles. The Morgan fingerprint density at radius 3 is 2.49 bits per heavy atom. The number of fused-ring (bicyclic) bond motifs is 1. The highest BCUT2D eigenvalue weighted by molar-refractivity contribution is 6.10. The largest absolute Gasteiger partial charge is 0.489 e. The lowest BCUT2D eigenvalue weighted by Gasteiger charge is -2.17. The maximum Gasteiger partial charge on any atom is 0.419 e. The predicted molar refractivity (Wildman–Crippen MR) is 119 cm³/mol. The topological polar surface area (TPSA) is 55.8 Å². The van der Waals surface area contributed by atoms with Crippen molar-refractivity contribution in [1.82, 2.24) is 0 Å². The molecule has 3 aromatic rings. The number of benzene rings is 3. The Labute approximate surface area is 198 Å². The van der Waals surface area contributed by atoms with Crippen LogP contribution >= 0.6 is 0 Å². The van der Waals surface area contributed by atoms with Crippen LogP contribution in [0.25, 0.3) is 0 Å². The van der Waals surface area contributed by atoms with Crippen LogP contribution in [-0.4, -0.2) is 18.5 Å². The summed E-state index contributed by atoms with van der Waals surface area (Å²) in [7, 11) is 0. The molecule has 0 radical (unpaired) electrons. The lowest BCUT2D eigenvalue weighted by atomic mass is 10.1. The van der Waals surface area contributed by atoms with E-state index in [0.29, 0.717) is 35.6 Å². The molecular weight excluding hydrogens is 466 g/mol. The van der Waals surface area contributed by atoms with Crippen LogP contribution in [-0.2, 0) is 35.3 Å². The van der Waals surface area contributed by atoms with Gasteiger partial charge < -0.3 is 14.4 Å². The standard InChI is InChI=1S/C26H21F4NO4/c1-2-34-24(32)12-16-5-3-6-17(11-16)15-35-23-8-4-7-19-20(23)14-31(25(19)33)18-9-10-21(22(27)13-18)26(28,29)30/h3-11,13H,2,12,14-15H2,1H3. The summed E-state index contributed by atoms with van der Waals surface area (Å²) in [5, 5.41) is 0. The Hall–Kier alpha value is -3.88. The van der Waals surface area contributed by atoms with E-state index >= 15 is 0 Å². The van der Waals surface area contributed by atoms with Gasteiger partial charge in [0.15, 0.2) is 0 Å². The number of amides is 1. The van der Waals surface area contributed by atoms with Crippen LogP contribution in [0.4, 0.5) is 23.2 Å². The Morgan fingerprint density at radius 2 is 1.77 bits per heavy atom. The molecule has 4 rings (SSSR count). The number of carbonyl (C=O) groups is 2. The number of nitrogens with zero attached hydrogens (tertiary/aromatic N) is 1. The zero-order valence-electron chi connectivity index (χ0n) is 18.7. The first kappa shape index (κ1) is 24.3. The molecule has 9 heteroatoms. The van der Waals surface area contributed by atoms with E-state index in [2.05, 4.69) is 0 Å². The molecule has 0 N–H and O–H groups in total.